The number of halogens is 1. The molecule has 1 N–H and O–H groups in total. The molecule has 1 aromatic heterocycles. The first-order chi connectivity index (χ1) is 13.6. The van der Waals surface area contributed by atoms with Gasteiger partial charge in [-0.2, -0.15) is 0 Å². The van der Waals surface area contributed by atoms with E-state index in [9.17, 15) is 4.39 Å². The third kappa shape index (κ3) is 5.13. The van der Waals surface area contributed by atoms with E-state index in [0.717, 1.165) is 48.4 Å². The fraction of sp³-hybridized carbons (Fsp3) is 0.500. The molecule has 152 valence electrons. The van der Waals surface area contributed by atoms with E-state index in [1.807, 2.05) is 18.0 Å². The molecule has 0 atom stereocenters. The van der Waals surface area contributed by atoms with Gasteiger partial charge in [-0.25, -0.2) is 9.37 Å². The predicted octanol–water partition coefficient (Wildman–Crippen LogP) is 3.14. The highest BCUT2D eigenvalue weighted by atomic mass is 32.1. The van der Waals surface area contributed by atoms with Crippen LogP contribution in [0.15, 0.2) is 28.6 Å². The van der Waals surface area contributed by atoms with Crippen molar-refractivity contribution < 1.29 is 9.13 Å². The molecule has 0 saturated carbocycles. The Morgan fingerprint density at radius 3 is 2.86 bits per heavy atom. The van der Waals surface area contributed by atoms with Gasteiger partial charge in [-0.05, 0) is 30.5 Å². The van der Waals surface area contributed by atoms with E-state index in [-0.39, 0.29) is 11.6 Å². The van der Waals surface area contributed by atoms with E-state index in [1.54, 1.807) is 24.5 Å². The Hall–Kier alpha value is -2.35. The zero-order valence-corrected chi connectivity index (χ0v) is 17.6. The van der Waals surface area contributed by atoms with E-state index in [1.165, 1.54) is 26.0 Å². The number of nitrogens with one attached hydrogen (secondary N) is 1. The number of ether oxygens (including phenoxy) is 1. The summed E-state index contributed by atoms with van der Waals surface area (Å²) in [4.78, 5) is 13.4. The number of aromatic nitrogens is 1. The second-order valence-electron chi connectivity index (χ2n) is 6.86. The smallest absolute Gasteiger partial charge is 0.193 e. The second-order valence-corrected chi connectivity index (χ2v) is 7.70. The van der Waals surface area contributed by atoms with Crippen LogP contribution in [-0.2, 0) is 13.0 Å². The molecule has 28 heavy (non-hydrogen) atoms. The van der Waals surface area contributed by atoms with Gasteiger partial charge in [-0.3, -0.25) is 4.99 Å². The van der Waals surface area contributed by atoms with E-state index in [2.05, 4.69) is 20.6 Å². The molecule has 1 saturated heterocycles. The highest BCUT2D eigenvalue weighted by molar-refractivity contribution is 7.13. The maximum absolute atomic E-state index is 13.9. The summed E-state index contributed by atoms with van der Waals surface area (Å²) in [5, 5.41) is 6.64. The summed E-state index contributed by atoms with van der Waals surface area (Å²) in [7, 11) is 5.15. The molecule has 1 aliphatic rings. The predicted molar refractivity (Wildman–Crippen MR) is 113 cm³/mol. The van der Waals surface area contributed by atoms with Gasteiger partial charge in [0.1, 0.15) is 0 Å². The first-order valence-electron chi connectivity index (χ1n) is 9.54. The highest BCUT2D eigenvalue weighted by Crippen LogP contribution is 2.24. The quantitative estimate of drug-likeness (QED) is 0.567. The number of thiazole rings is 1. The third-order valence-corrected chi connectivity index (χ3v) is 5.74. The molecule has 0 unspecified atom stereocenters. The molecule has 0 aliphatic carbocycles. The van der Waals surface area contributed by atoms with Crippen molar-refractivity contribution in [2.75, 3.05) is 45.7 Å². The van der Waals surface area contributed by atoms with E-state index in [4.69, 9.17) is 9.72 Å². The van der Waals surface area contributed by atoms with Gasteiger partial charge in [-0.1, -0.05) is 6.07 Å². The van der Waals surface area contributed by atoms with Crippen molar-refractivity contribution in [3.8, 4) is 5.75 Å². The lowest BCUT2D eigenvalue weighted by molar-refractivity contribution is 0.385. The fourth-order valence-electron chi connectivity index (χ4n) is 3.31. The Bertz CT molecular complexity index is 804. The zero-order chi connectivity index (χ0) is 19.9. The van der Waals surface area contributed by atoms with Crippen molar-refractivity contribution in [3.63, 3.8) is 0 Å². The summed E-state index contributed by atoms with van der Waals surface area (Å²) in [6.07, 6.45) is 3.36. The van der Waals surface area contributed by atoms with Crippen LogP contribution < -0.4 is 15.0 Å². The van der Waals surface area contributed by atoms with Gasteiger partial charge >= 0.3 is 0 Å². The minimum absolute atomic E-state index is 0.255. The zero-order valence-electron chi connectivity index (χ0n) is 16.7. The van der Waals surface area contributed by atoms with Crippen molar-refractivity contribution in [2.45, 2.75) is 25.8 Å². The van der Waals surface area contributed by atoms with Crippen LogP contribution in [0.1, 0.15) is 24.1 Å². The fourth-order valence-corrected chi connectivity index (χ4v) is 4.22. The van der Waals surface area contributed by atoms with Gasteiger partial charge < -0.3 is 19.9 Å². The topological polar surface area (TPSA) is 53.0 Å². The molecule has 0 bridgehead atoms. The molecule has 0 radical (unpaired) electrons. The molecular formula is C20H28FN5OS. The summed E-state index contributed by atoms with van der Waals surface area (Å²) in [6, 6.07) is 5.01. The van der Waals surface area contributed by atoms with Crippen LogP contribution in [0.5, 0.6) is 5.75 Å². The number of hydrogen-bond donors (Lipinski definition) is 1. The molecule has 0 amide bonds. The summed E-state index contributed by atoms with van der Waals surface area (Å²) in [5.74, 6) is 0.672. The molecule has 1 aliphatic heterocycles. The standard InChI is InChI=1S/C20H28FN5OS/c1-22-19(25(2)13-15-6-7-18(27-3)17(21)12-15)23-9-8-16-14-28-20(24-16)26-10-4-5-11-26/h6-7,12,14H,4-5,8-11,13H2,1-3H3,(H,22,23). The Morgan fingerprint density at radius 1 is 1.39 bits per heavy atom. The molecular weight excluding hydrogens is 377 g/mol. The molecule has 3 rings (SSSR count). The van der Waals surface area contributed by atoms with Crippen molar-refractivity contribution in [2.24, 2.45) is 4.99 Å². The minimum atomic E-state index is -0.353. The maximum Gasteiger partial charge on any atom is 0.193 e. The summed E-state index contributed by atoms with van der Waals surface area (Å²) >= 11 is 1.72. The van der Waals surface area contributed by atoms with Crippen molar-refractivity contribution in [1.29, 1.82) is 0 Å². The third-order valence-electron chi connectivity index (χ3n) is 4.79. The van der Waals surface area contributed by atoms with Gasteiger partial charge in [0.25, 0.3) is 0 Å². The van der Waals surface area contributed by atoms with Crippen LogP contribution in [0.2, 0.25) is 0 Å². The molecule has 8 heteroatoms. The Labute approximate surface area is 170 Å². The Kier molecular flexibility index (Phi) is 7.08. The van der Waals surface area contributed by atoms with Crippen LogP contribution in [0.3, 0.4) is 0 Å². The molecule has 2 aromatic rings. The number of benzene rings is 1. The normalized spacial score (nSPS) is 14.4. The number of hydrogen-bond acceptors (Lipinski definition) is 5. The van der Waals surface area contributed by atoms with E-state index < -0.39 is 0 Å². The van der Waals surface area contributed by atoms with E-state index in [0.29, 0.717) is 6.54 Å². The molecule has 1 fully saturated rings. The van der Waals surface area contributed by atoms with Gasteiger partial charge in [0.05, 0.1) is 12.8 Å². The summed E-state index contributed by atoms with van der Waals surface area (Å²) in [6.45, 7) is 3.54. The SMILES string of the molecule is CN=C(NCCc1csc(N2CCCC2)n1)N(C)Cc1ccc(OC)c(F)c1. The van der Waals surface area contributed by atoms with Crippen molar-refractivity contribution in [1.82, 2.24) is 15.2 Å². The molecule has 0 spiro atoms. The number of rotatable bonds is 7. The van der Waals surface area contributed by atoms with Crippen LogP contribution in [0, 0.1) is 5.82 Å². The van der Waals surface area contributed by atoms with Crippen molar-refractivity contribution in [3.05, 3.63) is 40.7 Å². The lowest BCUT2D eigenvalue weighted by atomic mass is 10.2. The average molecular weight is 406 g/mol. The number of guanidine groups is 1. The lowest BCUT2D eigenvalue weighted by Gasteiger charge is -2.22. The molecule has 6 nitrogen and oxygen atoms in total. The first-order valence-corrected chi connectivity index (χ1v) is 10.4. The van der Waals surface area contributed by atoms with E-state index >= 15 is 0 Å². The largest absolute Gasteiger partial charge is 0.494 e. The molecule has 2 heterocycles. The minimum Gasteiger partial charge on any atom is -0.494 e. The van der Waals surface area contributed by atoms with Crippen LogP contribution >= 0.6 is 11.3 Å². The first kappa shape index (κ1) is 20.4. The van der Waals surface area contributed by atoms with Crippen LogP contribution in [-0.4, -0.2) is 56.7 Å². The summed E-state index contributed by atoms with van der Waals surface area (Å²) < 4.78 is 18.9. The van der Waals surface area contributed by atoms with Gasteiger partial charge in [0, 0.05) is 52.1 Å². The van der Waals surface area contributed by atoms with Gasteiger partial charge in [0.15, 0.2) is 22.7 Å². The lowest BCUT2D eigenvalue weighted by Crippen LogP contribution is -2.39. The number of methoxy groups -OCH3 is 1. The van der Waals surface area contributed by atoms with Crippen LogP contribution in [0.25, 0.3) is 0 Å². The summed E-state index contributed by atoms with van der Waals surface area (Å²) in [5.41, 5.74) is 1.97. The highest BCUT2D eigenvalue weighted by Gasteiger charge is 2.15. The average Bonchev–Trinajstić information content (AvgIpc) is 3.37. The van der Waals surface area contributed by atoms with Crippen LogP contribution in [0.4, 0.5) is 9.52 Å². The maximum atomic E-state index is 13.9. The number of anilines is 1. The Morgan fingerprint density at radius 2 is 2.18 bits per heavy atom. The van der Waals surface area contributed by atoms with Gasteiger partial charge in [0.2, 0.25) is 0 Å². The van der Waals surface area contributed by atoms with Crippen molar-refractivity contribution >= 4 is 22.4 Å². The molecule has 1 aromatic carbocycles. The number of aliphatic imine (C=N–C) groups is 1. The monoisotopic (exact) mass is 405 g/mol. The van der Waals surface area contributed by atoms with Gasteiger partial charge in [-0.15, -0.1) is 11.3 Å². The number of nitrogens with zero attached hydrogens (tertiary/aromatic N) is 4. The Balaban J connectivity index is 1.49. The second kappa shape index (κ2) is 9.73.